The first-order valence-electron chi connectivity index (χ1n) is 19.5. The minimum Gasteiger partial charge on any atom is -0.493 e. The number of nitrogens with zero attached hydrogens (tertiary/aromatic N) is 4. The average molecular weight is 714 g/mol. The summed E-state index contributed by atoms with van der Waals surface area (Å²) in [7, 11) is 4.15. The molecule has 3 aromatic rings. The van der Waals surface area contributed by atoms with E-state index in [0.717, 1.165) is 49.5 Å². The quantitative estimate of drug-likeness (QED) is 0.0456. The normalized spacial score (nSPS) is 13.9. The summed E-state index contributed by atoms with van der Waals surface area (Å²) in [4.78, 5) is 4.97. The molecule has 0 amide bonds. The van der Waals surface area contributed by atoms with Crippen molar-refractivity contribution in [2.24, 2.45) is 10.8 Å². The summed E-state index contributed by atoms with van der Waals surface area (Å²) < 4.78 is 18.1. The lowest BCUT2D eigenvalue weighted by molar-refractivity contribution is 0.261. The molecular weight excluding hydrogens is 647 g/mol. The molecule has 52 heavy (non-hydrogen) atoms. The van der Waals surface area contributed by atoms with Gasteiger partial charge in [0.25, 0.3) is 0 Å². The van der Waals surface area contributed by atoms with Gasteiger partial charge in [-0.25, -0.2) is 0 Å². The summed E-state index contributed by atoms with van der Waals surface area (Å²) >= 11 is 0. The summed E-state index contributed by atoms with van der Waals surface area (Å²) in [5.74, 6) is 5.11. The van der Waals surface area contributed by atoms with Gasteiger partial charge in [-0.2, -0.15) is 0 Å². The Morgan fingerprint density at radius 3 is 1.44 bits per heavy atom. The van der Waals surface area contributed by atoms with Gasteiger partial charge in [0.1, 0.15) is 30.5 Å². The number of rotatable bonds is 23. The van der Waals surface area contributed by atoms with Crippen LogP contribution in [0.1, 0.15) is 150 Å². The van der Waals surface area contributed by atoms with E-state index >= 15 is 0 Å². The van der Waals surface area contributed by atoms with Gasteiger partial charge in [-0.1, -0.05) is 78.7 Å². The van der Waals surface area contributed by atoms with E-state index in [1.807, 2.05) is 0 Å². The molecule has 0 aliphatic carbocycles. The highest BCUT2D eigenvalue weighted by Gasteiger charge is 2.22. The lowest BCUT2D eigenvalue weighted by Crippen LogP contribution is -2.19. The molecule has 286 valence electrons. The molecule has 0 aromatic heterocycles. The van der Waals surface area contributed by atoms with Gasteiger partial charge in [-0.15, -0.1) is 0 Å². The van der Waals surface area contributed by atoms with Crippen LogP contribution in [0.25, 0.3) is 10.4 Å². The molecule has 0 radical (unpaired) electrons. The van der Waals surface area contributed by atoms with Crippen LogP contribution in [0.5, 0.6) is 17.2 Å². The van der Waals surface area contributed by atoms with Crippen molar-refractivity contribution in [3.63, 3.8) is 0 Å². The third-order valence-corrected chi connectivity index (χ3v) is 10.3. The number of hydrogen-bond donors (Lipinski definition) is 1. The third-order valence-electron chi connectivity index (χ3n) is 10.3. The second-order valence-electron chi connectivity index (χ2n) is 15.5. The lowest BCUT2D eigenvalue weighted by Gasteiger charge is -2.26. The van der Waals surface area contributed by atoms with Crippen LogP contribution in [0.4, 0.5) is 0 Å². The van der Waals surface area contributed by atoms with E-state index in [0.29, 0.717) is 68.4 Å². The molecule has 2 N–H and O–H groups in total. The van der Waals surface area contributed by atoms with Crippen molar-refractivity contribution in [3.05, 3.63) is 98.4 Å². The van der Waals surface area contributed by atoms with Crippen LogP contribution >= 0.6 is 0 Å². The zero-order valence-electron chi connectivity index (χ0n) is 33.8. The Kier molecular flexibility index (Phi) is 17.8. The summed E-state index contributed by atoms with van der Waals surface area (Å²) in [5.41, 5.74) is 22.7. The molecule has 0 aliphatic rings. The fourth-order valence-electron chi connectivity index (χ4n) is 7.10. The molecule has 3 rings (SSSR count). The van der Waals surface area contributed by atoms with E-state index in [-0.39, 0.29) is 0 Å². The van der Waals surface area contributed by atoms with Crippen LogP contribution in [-0.4, -0.2) is 58.5 Å². The summed E-state index contributed by atoms with van der Waals surface area (Å²) in [6.45, 7) is 21.8. The van der Waals surface area contributed by atoms with Crippen molar-refractivity contribution in [1.29, 1.82) is 0 Å². The molecule has 4 unspecified atom stereocenters. The first kappa shape index (κ1) is 42.7. The zero-order valence-corrected chi connectivity index (χ0v) is 33.8. The van der Waals surface area contributed by atoms with E-state index in [2.05, 4.69) is 139 Å². The first-order chi connectivity index (χ1) is 24.9. The van der Waals surface area contributed by atoms with Crippen molar-refractivity contribution in [1.82, 2.24) is 4.90 Å². The molecule has 0 bridgehead atoms. The number of benzene rings is 3. The maximum absolute atomic E-state index is 8.56. The topological polar surface area (TPSA) is 106 Å². The molecule has 8 heteroatoms. The second-order valence-corrected chi connectivity index (χ2v) is 15.5. The Balaban J connectivity index is 1.77. The van der Waals surface area contributed by atoms with Gasteiger partial charge in [0, 0.05) is 18.0 Å². The maximum atomic E-state index is 8.56. The molecule has 0 aliphatic heterocycles. The first-order valence-corrected chi connectivity index (χ1v) is 19.5. The minimum absolute atomic E-state index is 0.321. The van der Waals surface area contributed by atoms with E-state index in [1.54, 1.807) is 0 Å². The molecule has 0 saturated carbocycles. The largest absolute Gasteiger partial charge is 0.493 e. The van der Waals surface area contributed by atoms with Crippen LogP contribution < -0.4 is 19.9 Å². The van der Waals surface area contributed by atoms with Gasteiger partial charge in [-0.3, -0.25) is 0 Å². The number of nitrogens with two attached hydrogens (primary N) is 1. The minimum atomic E-state index is 0.321. The van der Waals surface area contributed by atoms with Crippen molar-refractivity contribution in [3.8, 4) is 17.2 Å². The average Bonchev–Trinajstić information content (AvgIpc) is 3.12. The van der Waals surface area contributed by atoms with Gasteiger partial charge in [0.15, 0.2) is 0 Å². The second kappa shape index (κ2) is 21.7. The number of likely N-dealkylation sites (N-methyl/N-ethyl adjacent to an activating group) is 1. The number of ether oxygens (including phenoxy) is 3. The van der Waals surface area contributed by atoms with Gasteiger partial charge in [0.2, 0.25) is 0 Å². The molecular formula is C44H67N5O3. The van der Waals surface area contributed by atoms with Crippen LogP contribution in [0.3, 0.4) is 0 Å². The summed E-state index contributed by atoms with van der Waals surface area (Å²) in [6, 6.07) is 19.8. The number of azide groups is 1. The summed E-state index contributed by atoms with van der Waals surface area (Å²) in [6.07, 6.45) is 4.33. The smallest absolute Gasteiger partial charge is 0.119 e. The van der Waals surface area contributed by atoms with Crippen LogP contribution in [0, 0.1) is 0 Å². The zero-order chi connectivity index (χ0) is 38.2. The Bertz CT molecular complexity index is 1570. The third kappa shape index (κ3) is 13.1. The van der Waals surface area contributed by atoms with Crippen molar-refractivity contribution >= 4 is 0 Å². The predicted molar refractivity (Wildman–Crippen MR) is 218 cm³/mol. The molecule has 8 nitrogen and oxygen atoms in total. The molecule has 3 aromatic carbocycles. The van der Waals surface area contributed by atoms with Crippen molar-refractivity contribution in [2.45, 2.75) is 117 Å². The van der Waals surface area contributed by atoms with Gasteiger partial charge in [-0.05, 0) is 151 Å². The van der Waals surface area contributed by atoms with E-state index in [4.69, 9.17) is 25.5 Å². The highest BCUT2D eigenvalue weighted by atomic mass is 16.5. The predicted octanol–water partition coefficient (Wildman–Crippen LogP) is 11.3. The Labute approximate surface area is 315 Å². The van der Waals surface area contributed by atoms with E-state index in [1.165, 1.54) is 33.4 Å². The van der Waals surface area contributed by atoms with Gasteiger partial charge < -0.3 is 24.8 Å². The highest BCUT2D eigenvalue weighted by Crippen LogP contribution is 2.39. The molecule has 0 fully saturated rings. The fraction of sp³-hybridized carbons (Fsp3) is 0.591. The molecule has 0 heterocycles. The fourth-order valence-corrected chi connectivity index (χ4v) is 7.10. The molecule has 0 saturated heterocycles. The van der Waals surface area contributed by atoms with E-state index in [9.17, 15) is 0 Å². The van der Waals surface area contributed by atoms with Crippen molar-refractivity contribution < 1.29 is 14.2 Å². The maximum Gasteiger partial charge on any atom is 0.119 e. The SMILES string of the molecule is CC(C)c1cc(OCCN=[N+]=[N-])ccc1C(C)CCC(C)c1cc(OCCN)ccc1C(C)CCC(C)c1cc(OCCN(C)C)ccc1C(C)C. The Morgan fingerprint density at radius 1 is 0.577 bits per heavy atom. The molecule has 0 spiro atoms. The van der Waals surface area contributed by atoms with Gasteiger partial charge >= 0.3 is 0 Å². The lowest BCUT2D eigenvalue weighted by atomic mass is 9.80. The highest BCUT2D eigenvalue weighted by molar-refractivity contribution is 5.42. The Hall–Kier alpha value is -3.71. The standard InChI is InChI=1S/C44H67N5O3/c1-30(2)39-18-15-38(52-26-23-49(9)10)28-43(39)34(7)13-12-33(6)41-20-17-37(50-24-21-45)29-44(41)35(8)14-11-32(5)40-19-16-36(27-42(40)31(3)4)51-25-22-47-48-46/h15-20,27-35H,11-14,21-26,45H2,1-10H3. The van der Waals surface area contributed by atoms with Crippen molar-refractivity contribution in [2.75, 3.05) is 53.6 Å². The Morgan fingerprint density at radius 2 is 0.981 bits per heavy atom. The van der Waals surface area contributed by atoms with E-state index < -0.39 is 0 Å². The van der Waals surface area contributed by atoms with Crippen LogP contribution in [-0.2, 0) is 0 Å². The van der Waals surface area contributed by atoms with Gasteiger partial charge in [0.05, 0.1) is 13.2 Å². The van der Waals surface area contributed by atoms with Crippen LogP contribution in [0.2, 0.25) is 0 Å². The van der Waals surface area contributed by atoms with Crippen LogP contribution in [0.15, 0.2) is 59.7 Å². The monoisotopic (exact) mass is 714 g/mol. The summed E-state index contributed by atoms with van der Waals surface area (Å²) in [5, 5.41) is 3.58. The molecule has 4 atom stereocenters. The number of hydrogen-bond acceptors (Lipinski definition) is 6.